The highest BCUT2D eigenvalue weighted by Crippen LogP contribution is 2.27. The molecule has 1 atom stereocenters. The number of aliphatic carboxylic acids is 1. The number of amides is 4. The average molecular weight is 552 g/mol. The number of likely N-dealkylation sites (N-methyl/N-ethyl adjacent to an activating group) is 1. The van der Waals surface area contributed by atoms with E-state index in [1.807, 2.05) is 25.1 Å². The lowest BCUT2D eigenvalue weighted by Crippen LogP contribution is -2.41. The molecule has 12 heteroatoms. The molecule has 0 saturated heterocycles. The summed E-state index contributed by atoms with van der Waals surface area (Å²) in [5, 5.41) is 17.2. The van der Waals surface area contributed by atoms with Crippen molar-refractivity contribution in [1.29, 1.82) is 0 Å². The average Bonchev–Trinajstić information content (AvgIpc) is 3.23. The van der Waals surface area contributed by atoms with Gasteiger partial charge in [0, 0.05) is 19.7 Å². The van der Waals surface area contributed by atoms with Crippen molar-refractivity contribution >= 4 is 35.2 Å². The van der Waals surface area contributed by atoms with Gasteiger partial charge in [0.15, 0.2) is 5.89 Å². The SMILES string of the molecule is COc1cc(CC(=O)N(C)Cc2nc(CC(NC(C)=O)C(=O)O)oc2C)ccc1NC(=O)Nc1ccccc1C. The number of nitrogens with one attached hydrogen (secondary N) is 3. The van der Waals surface area contributed by atoms with Crippen LogP contribution in [0.25, 0.3) is 0 Å². The van der Waals surface area contributed by atoms with Gasteiger partial charge in [0.25, 0.3) is 0 Å². The van der Waals surface area contributed by atoms with E-state index in [1.54, 1.807) is 38.2 Å². The number of urea groups is 1. The van der Waals surface area contributed by atoms with Crippen LogP contribution in [0.5, 0.6) is 5.75 Å². The van der Waals surface area contributed by atoms with Crippen LogP contribution in [0.1, 0.15) is 35.4 Å². The zero-order chi connectivity index (χ0) is 29.4. The molecule has 212 valence electrons. The smallest absolute Gasteiger partial charge is 0.326 e. The number of oxazole rings is 1. The maximum Gasteiger partial charge on any atom is 0.326 e. The molecule has 3 aromatic rings. The van der Waals surface area contributed by atoms with Gasteiger partial charge in [0.1, 0.15) is 23.2 Å². The maximum atomic E-state index is 12.9. The Morgan fingerprint density at radius 3 is 2.42 bits per heavy atom. The molecule has 1 heterocycles. The highest BCUT2D eigenvalue weighted by atomic mass is 16.5. The Balaban J connectivity index is 1.62. The molecule has 0 aliphatic heterocycles. The summed E-state index contributed by atoms with van der Waals surface area (Å²) in [5.74, 6) is -0.894. The number of carboxylic acid groups (broad SMARTS) is 1. The van der Waals surface area contributed by atoms with E-state index in [4.69, 9.17) is 9.15 Å². The number of benzene rings is 2. The zero-order valence-electron chi connectivity index (χ0n) is 23.0. The first-order valence-electron chi connectivity index (χ1n) is 12.5. The van der Waals surface area contributed by atoms with E-state index in [1.165, 1.54) is 18.9 Å². The quantitative estimate of drug-likeness (QED) is 0.282. The highest BCUT2D eigenvalue weighted by molar-refractivity contribution is 6.01. The molecule has 2 aromatic carbocycles. The fourth-order valence-electron chi connectivity index (χ4n) is 3.90. The summed E-state index contributed by atoms with van der Waals surface area (Å²) in [6.45, 7) is 4.93. The van der Waals surface area contributed by atoms with Gasteiger partial charge < -0.3 is 35.1 Å². The summed E-state index contributed by atoms with van der Waals surface area (Å²) >= 11 is 0. The molecule has 1 aromatic heterocycles. The van der Waals surface area contributed by atoms with Gasteiger partial charge in [0.2, 0.25) is 11.8 Å². The number of aryl methyl sites for hydroxylation is 2. The molecule has 0 saturated carbocycles. The second-order valence-electron chi connectivity index (χ2n) is 9.26. The van der Waals surface area contributed by atoms with Crippen LogP contribution in [0.15, 0.2) is 46.9 Å². The molecule has 0 aliphatic carbocycles. The van der Waals surface area contributed by atoms with Crippen LogP contribution >= 0.6 is 0 Å². The minimum absolute atomic E-state index is 0.0654. The lowest BCUT2D eigenvalue weighted by atomic mass is 10.1. The van der Waals surface area contributed by atoms with Crippen LogP contribution in [0.4, 0.5) is 16.2 Å². The molecular weight excluding hydrogens is 518 g/mol. The lowest BCUT2D eigenvalue weighted by Gasteiger charge is -2.17. The summed E-state index contributed by atoms with van der Waals surface area (Å²) in [7, 11) is 3.10. The van der Waals surface area contributed by atoms with Gasteiger partial charge in [-0.15, -0.1) is 0 Å². The van der Waals surface area contributed by atoms with Crippen molar-refractivity contribution in [2.45, 2.75) is 46.2 Å². The largest absolute Gasteiger partial charge is 0.495 e. The summed E-state index contributed by atoms with van der Waals surface area (Å²) in [6.07, 6.45) is -0.0630. The molecule has 3 rings (SSSR count). The van der Waals surface area contributed by atoms with Gasteiger partial charge in [-0.1, -0.05) is 24.3 Å². The number of hydrogen-bond donors (Lipinski definition) is 4. The minimum atomic E-state index is -1.21. The van der Waals surface area contributed by atoms with Crippen molar-refractivity contribution in [1.82, 2.24) is 15.2 Å². The summed E-state index contributed by atoms with van der Waals surface area (Å²) < 4.78 is 11.0. The standard InChI is InChI=1S/C28H33N5O7/c1-16-8-6-7-9-20(16)31-28(38)32-21-11-10-19(12-24(21)39-5)13-26(35)33(4)15-23-17(2)40-25(30-23)14-22(27(36)37)29-18(3)34/h6-12,22H,13-15H2,1-5H3,(H,29,34)(H,36,37)(H2,31,32,38). The number of anilines is 2. The van der Waals surface area contributed by atoms with E-state index in [-0.39, 0.29) is 31.2 Å². The number of ether oxygens (including phenoxy) is 1. The van der Waals surface area contributed by atoms with E-state index in [9.17, 15) is 24.3 Å². The number of nitrogens with zero attached hydrogens (tertiary/aromatic N) is 2. The zero-order valence-corrected chi connectivity index (χ0v) is 23.0. The number of carbonyl (C=O) groups excluding carboxylic acids is 3. The summed E-state index contributed by atoms with van der Waals surface area (Å²) in [4.78, 5) is 53.9. The topological polar surface area (TPSA) is 163 Å². The summed E-state index contributed by atoms with van der Waals surface area (Å²) in [6, 6.07) is 10.9. The Bertz CT molecular complexity index is 1400. The molecule has 0 bridgehead atoms. The lowest BCUT2D eigenvalue weighted by molar-refractivity contribution is -0.141. The van der Waals surface area contributed by atoms with E-state index in [0.717, 1.165) is 5.56 Å². The molecule has 0 fully saturated rings. The molecule has 1 unspecified atom stereocenters. The minimum Gasteiger partial charge on any atom is -0.495 e. The fraction of sp³-hybridized carbons (Fsp3) is 0.321. The van der Waals surface area contributed by atoms with Crippen LogP contribution in [0, 0.1) is 13.8 Å². The first-order chi connectivity index (χ1) is 19.0. The number of carbonyl (C=O) groups is 4. The van der Waals surface area contributed by atoms with Crippen molar-refractivity contribution in [3.8, 4) is 5.75 Å². The van der Waals surface area contributed by atoms with Crippen molar-refractivity contribution in [2.24, 2.45) is 0 Å². The molecule has 0 aliphatic rings. The number of aromatic nitrogens is 1. The van der Waals surface area contributed by atoms with Gasteiger partial charge in [-0.2, -0.15) is 0 Å². The second-order valence-corrected chi connectivity index (χ2v) is 9.26. The third kappa shape index (κ3) is 8.06. The second kappa shape index (κ2) is 13.3. The third-order valence-corrected chi connectivity index (χ3v) is 6.07. The monoisotopic (exact) mass is 551 g/mol. The summed E-state index contributed by atoms with van der Waals surface area (Å²) in [5.41, 5.74) is 3.22. The first-order valence-corrected chi connectivity index (χ1v) is 12.5. The Kier molecular flexibility index (Phi) is 9.85. The number of rotatable bonds is 11. The van der Waals surface area contributed by atoms with Gasteiger partial charge in [0.05, 0.1) is 32.2 Å². The molecule has 0 radical (unpaired) electrons. The van der Waals surface area contributed by atoms with Gasteiger partial charge in [-0.3, -0.25) is 9.59 Å². The predicted octanol–water partition coefficient (Wildman–Crippen LogP) is 3.28. The third-order valence-electron chi connectivity index (χ3n) is 6.07. The van der Waals surface area contributed by atoms with Crippen LogP contribution in [-0.2, 0) is 33.8 Å². The van der Waals surface area contributed by atoms with Crippen LogP contribution in [-0.4, -0.2) is 59.0 Å². The molecule has 4 amide bonds. The van der Waals surface area contributed by atoms with Gasteiger partial charge >= 0.3 is 12.0 Å². The van der Waals surface area contributed by atoms with E-state index < -0.39 is 23.9 Å². The van der Waals surface area contributed by atoms with Crippen molar-refractivity contribution in [2.75, 3.05) is 24.8 Å². The van der Waals surface area contributed by atoms with Crippen molar-refractivity contribution in [3.63, 3.8) is 0 Å². The highest BCUT2D eigenvalue weighted by Gasteiger charge is 2.23. The number of methoxy groups -OCH3 is 1. The number of carboxylic acids is 1. The van der Waals surface area contributed by atoms with Gasteiger partial charge in [-0.25, -0.2) is 14.6 Å². The van der Waals surface area contributed by atoms with Gasteiger partial charge in [-0.05, 0) is 43.2 Å². The Hall–Kier alpha value is -4.87. The Labute approximate surface area is 231 Å². The van der Waals surface area contributed by atoms with Crippen LogP contribution in [0.3, 0.4) is 0 Å². The van der Waals surface area contributed by atoms with Crippen molar-refractivity contribution < 1.29 is 33.4 Å². The van der Waals surface area contributed by atoms with E-state index >= 15 is 0 Å². The Morgan fingerprint density at radius 1 is 1.07 bits per heavy atom. The maximum absolute atomic E-state index is 12.9. The molecule has 40 heavy (non-hydrogen) atoms. The molecule has 0 spiro atoms. The first kappa shape index (κ1) is 29.7. The number of hydrogen-bond acceptors (Lipinski definition) is 7. The van der Waals surface area contributed by atoms with E-state index in [0.29, 0.717) is 34.1 Å². The van der Waals surface area contributed by atoms with Crippen molar-refractivity contribution in [3.05, 3.63) is 70.9 Å². The van der Waals surface area contributed by atoms with Crippen LogP contribution in [0.2, 0.25) is 0 Å². The molecule has 4 N–H and O–H groups in total. The van der Waals surface area contributed by atoms with Crippen LogP contribution < -0.4 is 20.7 Å². The number of para-hydroxylation sites is 1. The normalized spacial score (nSPS) is 11.3. The molecule has 12 nitrogen and oxygen atoms in total. The van der Waals surface area contributed by atoms with E-state index in [2.05, 4.69) is 20.9 Å². The predicted molar refractivity (Wildman–Crippen MR) is 147 cm³/mol. The molecular formula is C28H33N5O7. The Morgan fingerprint density at radius 2 is 1.77 bits per heavy atom. The fourth-order valence-corrected chi connectivity index (χ4v) is 3.90.